The van der Waals surface area contributed by atoms with Crippen LogP contribution in [0.5, 0.6) is 0 Å². The third-order valence-corrected chi connectivity index (χ3v) is 4.70. The van der Waals surface area contributed by atoms with E-state index in [1.54, 1.807) is 12.3 Å². The Morgan fingerprint density at radius 2 is 2.15 bits per heavy atom. The van der Waals surface area contributed by atoms with Crippen molar-refractivity contribution in [2.75, 3.05) is 13.1 Å². The van der Waals surface area contributed by atoms with Crippen molar-refractivity contribution >= 4 is 11.8 Å². The number of likely N-dealkylation sites (tertiary alicyclic amines) is 1. The van der Waals surface area contributed by atoms with Crippen LogP contribution >= 0.6 is 0 Å². The van der Waals surface area contributed by atoms with E-state index in [0.29, 0.717) is 36.3 Å². The first-order chi connectivity index (χ1) is 12.5. The fraction of sp³-hybridized carbons (Fsp3) is 0.526. The zero-order valence-corrected chi connectivity index (χ0v) is 15.3. The van der Waals surface area contributed by atoms with E-state index in [-0.39, 0.29) is 11.8 Å². The van der Waals surface area contributed by atoms with Gasteiger partial charge in [0, 0.05) is 31.1 Å². The van der Waals surface area contributed by atoms with Crippen molar-refractivity contribution in [3.05, 3.63) is 41.6 Å². The van der Waals surface area contributed by atoms with E-state index >= 15 is 0 Å². The molecule has 0 spiro atoms. The second-order valence-electron chi connectivity index (χ2n) is 7.22. The lowest BCUT2D eigenvalue weighted by molar-refractivity contribution is -0.133. The van der Waals surface area contributed by atoms with Gasteiger partial charge in [-0.05, 0) is 37.0 Å². The fourth-order valence-electron chi connectivity index (χ4n) is 3.25. The Morgan fingerprint density at radius 3 is 2.81 bits per heavy atom. The second kappa shape index (κ2) is 8.21. The molecule has 7 heteroatoms. The number of aromatic amines is 1. The van der Waals surface area contributed by atoms with E-state index in [0.717, 1.165) is 31.6 Å². The molecule has 0 aromatic carbocycles. The number of rotatable bonds is 6. The van der Waals surface area contributed by atoms with Crippen LogP contribution < -0.4 is 5.32 Å². The largest absolute Gasteiger partial charge is 0.467 e. The molecule has 7 nitrogen and oxygen atoms in total. The van der Waals surface area contributed by atoms with Crippen molar-refractivity contribution < 1.29 is 14.0 Å². The third kappa shape index (κ3) is 4.53. The second-order valence-corrected chi connectivity index (χ2v) is 7.22. The van der Waals surface area contributed by atoms with Gasteiger partial charge in [-0.3, -0.25) is 14.7 Å². The number of nitrogens with one attached hydrogen (secondary N) is 2. The number of carbonyl (C=O) groups excluding carboxylic acids is 2. The van der Waals surface area contributed by atoms with Crippen molar-refractivity contribution in [2.24, 2.45) is 5.92 Å². The predicted octanol–water partition coefficient (Wildman–Crippen LogP) is 2.68. The van der Waals surface area contributed by atoms with Crippen molar-refractivity contribution in [3.8, 4) is 0 Å². The number of aromatic nitrogens is 2. The maximum Gasteiger partial charge on any atom is 0.272 e. The highest BCUT2D eigenvalue weighted by atomic mass is 16.3. The third-order valence-electron chi connectivity index (χ3n) is 4.70. The zero-order chi connectivity index (χ0) is 18.5. The van der Waals surface area contributed by atoms with Gasteiger partial charge < -0.3 is 14.6 Å². The van der Waals surface area contributed by atoms with Crippen LogP contribution in [0.3, 0.4) is 0 Å². The van der Waals surface area contributed by atoms with Gasteiger partial charge >= 0.3 is 0 Å². The molecule has 0 aliphatic carbocycles. The summed E-state index contributed by atoms with van der Waals surface area (Å²) in [5, 5.41) is 9.91. The molecule has 1 aliphatic rings. The van der Waals surface area contributed by atoms with E-state index in [9.17, 15) is 9.59 Å². The average molecular weight is 358 g/mol. The quantitative estimate of drug-likeness (QED) is 0.830. The summed E-state index contributed by atoms with van der Waals surface area (Å²) in [4.78, 5) is 26.3. The average Bonchev–Trinajstić information content (AvgIpc) is 3.31. The lowest BCUT2D eigenvalue weighted by Crippen LogP contribution is -2.38. The SMILES string of the molecule is CC(C)CC(=O)N1CCC(c2cc(C(=O)NCc3ccco3)n[nH]2)CC1. The summed E-state index contributed by atoms with van der Waals surface area (Å²) in [5.41, 5.74) is 1.34. The van der Waals surface area contributed by atoms with Gasteiger partial charge in [-0.25, -0.2) is 0 Å². The van der Waals surface area contributed by atoms with Crippen LogP contribution in [0.15, 0.2) is 28.9 Å². The number of amides is 2. The van der Waals surface area contributed by atoms with Crippen LogP contribution in [-0.2, 0) is 11.3 Å². The minimum Gasteiger partial charge on any atom is -0.467 e. The summed E-state index contributed by atoms with van der Waals surface area (Å²) in [6.07, 6.45) is 3.96. The predicted molar refractivity (Wildman–Crippen MR) is 96.5 cm³/mol. The summed E-state index contributed by atoms with van der Waals surface area (Å²) < 4.78 is 5.20. The highest BCUT2D eigenvalue weighted by molar-refractivity contribution is 5.92. The molecule has 1 fully saturated rings. The zero-order valence-electron chi connectivity index (χ0n) is 15.3. The van der Waals surface area contributed by atoms with Crippen molar-refractivity contribution in [1.29, 1.82) is 0 Å². The summed E-state index contributed by atoms with van der Waals surface area (Å²) in [5.74, 6) is 1.40. The molecule has 3 rings (SSSR count). The standard InChI is InChI=1S/C19H26N4O3/c1-13(2)10-18(24)23-7-5-14(6-8-23)16-11-17(22-21-16)19(25)20-12-15-4-3-9-26-15/h3-4,9,11,13-14H,5-8,10,12H2,1-2H3,(H,20,25)(H,21,22). The molecular formula is C19H26N4O3. The Labute approximate surface area is 153 Å². The summed E-state index contributed by atoms with van der Waals surface area (Å²) in [6.45, 7) is 5.98. The molecule has 2 N–H and O–H groups in total. The molecule has 140 valence electrons. The first kappa shape index (κ1) is 18.2. The first-order valence-corrected chi connectivity index (χ1v) is 9.16. The molecule has 26 heavy (non-hydrogen) atoms. The minimum atomic E-state index is -0.228. The molecule has 0 radical (unpaired) electrons. The van der Waals surface area contributed by atoms with Crippen molar-refractivity contribution in [3.63, 3.8) is 0 Å². The maximum absolute atomic E-state index is 12.2. The van der Waals surface area contributed by atoms with Gasteiger partial charge in [-0.1, -0.05) is 13.8 Å². The van der Waals surface area contributed by atoms with Gasteiger partial charge in [-0.2, -0.15) is 5.10 Å². The Bertz CT molecular complexity index is 728. The summed E-state index contributed by atoms with van der Waals surface area (Å²) in [7, 11) is 0. The normalized spacial score (nSPS) is 15.4. The van der Waals surface area contributed by atoms with Crippen LogP contribution in [-0.4, -0.2) is 40.0 Å². The Morgan fingerprint density at radius 1 is 1.38 bits per heavy atom. The molecule has 1 aliphatic heterocycles. The highest BCUT2D eigenvalue weighted by Crippen LogP contribution is 2.27. The lowest BCUT2D eigenvalue weighted by Gasteiger charge is -2.32. The summed E-state index contributed by atoms with van der Waals surface area (Å²) >= 11 is 0. The van der Waals surface area contributed by atoms with Crippen LogP contribution in [0.2, 0.25) is 0 Å². The van der Waals surface area contributed by atoms with Crippen LogP contribution in [0, 0.1) is 5.92 Å². The van der Waals surface area contributed by atoms with E-state index in [4.69, 9.17) is 4.42 Å². The van der Waals surface area contributed by atoms with E-state index < -0.39 is 0 Å². The monoisotopic (exact) mass is 358 g/mol. The number of nitrogens with zero attached hydrogens (tertiary/aromatic N) is 2. The molecule has 2 aromatic heterocycles. The van der Waals surface area contributed by atoms with Gasteiger partial charge in [0.25, 0.3) is 5.91 Å². The Kier molecular flexibility index (Phi) is 5.75. The minimum absolute atomic E-state index is 0.228. The van der Waals surface area contributed by atoms with Crippen LogP contribution in [0.25, 0.3) is 0 Å². The first-order valence-electron chi connectivity index (χ1n) is 9.16. The van der Waals surface area contributed by atoms with Gasteiger partial charge in [0.1, 0.15) is 11.5 Å². The number of furan rings is 1. The van der Waals surface area contributed by atoms with Crippen LogP contribution in [0.1, 0.15) is 61.0 Å². The molecule has 0 bridgehead atoms. The van der Waals surface area contributed by atoms with E-state index in [1.165, 1.54) is 0 Å². The molecule has 0 saturated carbocycles. The number of carbonyl (C=O) groups is 2. The fourth-order valence-corrected chi connectivity index (χ4v) is 3.25. The van der Waals surface area contributed by atoms with E-state index in [2.05, 4.69) is 29.4 Å². The number of hydrogen-bond donors (Lipinski definition) is 2. The highest BCUT2D eigenvalue weighted by Gasteiger charge is 2.25. The molecule has 2 aromatic rings. The Hall–Kier alpha value is -2.57. The molecule has 1 saturated heterocycles. The van der Waals surface area contributed by atoms with Crippen LogP contribution in [0.4, 0.5) is 0 Å². The topological polar surface area (TPSA) is 91.2 Å². The lowest BCUT2D eigenvalue weighted by atomic mass is 9.93. The number of hydrogen-bond acceptors (Lipinski definition) is 4. The molecule has 0 unspecified atom stereocenters. The van der Waals surface area contributed by atoms with E-state index in [1.807, 2.05) is 17.0 Å². The van der Waals surface area contributed by atoms with Crippen molar-refractivity contribution in [2.45, 2.75) is 45.6 Å². The van der Waals surface area contributed by atoms with Gasteiger partial charge in [-0.15, -0.1) is 0 Å². The maximum atomic E-state index is 12.2. The molecule has 3 heterocycles. The van der Waals surface area contributed by atoms with Gasteiger partial charge in [0.05, 0.1) is 12.8 Å². The smallest absolute Gasteiger partial charge is 0.272 e. The van der Waals surface area contributed by atoms with Crippen molar-refractivity contribution in [1.82, 2.24) is 20.4 Å². The molecular weight excluding hydrogens is 332 g/mol. The number of piperidine rings is 1. The molecule has 0 atom stereocenters. The van der Waals surface area contributed by atoms with Gasteiger partial charge in [0.15, 0.2) is 0 Å². The Balaban J connectivity index is 1.50. The molecule has 2 amide bonds. The summed E-state index contributed by atoms with van der Waals surface area (Å²) in [6, 6.07) is 5.41. The van der Waals surface area contributed by atoms with Gasteiger partial charge in [0.2, 0.25) is 5.91 Å². The number of H-pyrrole nitrogens is 1.